The van der Waals surface area contributed by atoms with Gasteiger partial charge < -0.3 is 20.3 Å². The smallest absolute Gasteiger partial charge is 0.336 e. The Kier molecular flexibility index (Phi) is 5.85. The fraction of sp³-hybridized carbons (Fsp3) is 0.545. The minimum absolute atomic E-state index is 0.168. The second-order valence-electron chi connectivity index (χ2n) is 8.96. The number of nitrogens with zero attached hydrogens (tertiary/aromatic N) is 1. The number of carboxylic acids is 1. The topological polar surface area (TPSA) is 129 Å². The van der Waals surface area contributed by atoms with E-state index in [2.05, 4.69) is 10.3 Å². The Labute approximate surface area is 194 Å². The molecule has 3 N–H and O–H groups in total. The Bertz CT molecular complexity index is 1020. The first kappa shape index (κ1) is 23.2. The van der Waals surface area contributed by atoms with Crippen molar-refractivity contribution in [1.82, 2.24) is 10.3 Å². The summed E-state index contributed by atoms with van der Waals surface area (Å²) >= 11 is 2.65. The molecule has 1 aromatic heterocycles. The number of carbonyl (C=O) groups is 3. The van der Waals surface area contributed by atoms with Gasteiger partial charge in [-0.05, 0) is 45.8 Å². The number of fused-ring (bicyclic) bond motifs is 6. The molecule has 1 amide bonds. The number of ketones is 1. The molecule has 6 atom stereocenters. The molecule has 0 unspecified atom stereocenters. The zero-order valence-corrected chi connectivity index (χ0v) is 19.7. The first-order valence-corrected chi connectivity index (χ1v) is 12.1. The molecule has 2 saturated heterocycles. The molecule has 3 aliphatic heterocycles. The SMILES string of the molecule is C[C@@H]1NC(=O)C[C@@]2([C@@](C)(O)C(=O)O)CC[C@](C)(S2)[C@@H]2O[C@H]2C(=O)/C=C/C=C\c2csc1n2. The Morgan fingerprint density at radius 1 is 1.31 bits per heavy atom. The number of aromatic nitrogens is 1. The first-order valence-electron chi connectivity index (χ1n) is 10.4. The lowest BCUT2D eigenvalue weighted by molar-refractivity contribution is -0.160. The molecule has 10 heteroatoms. The molecule has 0 aromatic carbocycles. The van der Waals surface area contributed by atoms with Crippen molar-refractivity contribution in [2.75, 3.05) is 0 Å². The number of allylic oxidation sites excluding steroid dienone is 2. The van der Waals surface area contributed by atoms with Gasteiger partial charge in [0.2, 0.25) is 5.91 Å². The van der Waals surface area contributed by atoms with Crippen molar-refractivity contribution in [3.63, 3.8) is 0 Å². The maximum absolute atomic E-state index is 13.0. The van der Waals surface area contributed by atoms with E-state index >= 15 is 0 Å². The van der Waals surface area contributed by atoms with Crippen LogP contribution in [0.5, 0.6) is 0 Å². The van der Waals surface area contributed by atoms with Gasteiger partial charge in [-0.1, -0.05) is 12.2 Å². The van der Waals surface area contributed by atoms with Crippen molar-refractivity contribution in [3.8, 4) is 0 Å². The summed E-state index contributed by atoms with van der Waals surface area (Å²) in [6, 6.07) is -0.372. The molecule has 0 radical (unpaired) electrons. The van der Waals surface area contributed by atoms with Crippen LogP contribution in [0.2, 0.25) is 0 Å². The Hall–Kier alpha value is -2.01. The highest BCUT2D eigenvalue weighted by molar-refractivity contribution is 8.02. The van der Waals surface area contributed by atoms with Crippen molar-refractivity contribution in [1.29, 1.82) is 0 Å². The number of thioether (sulfide) groups is 1. The van der Waals surface area contributed by atoms with Crippen LogP contribution in [-0.4, -0.2) is 60.2 Å². The summed E-state index contributed by atoms with van der Waals surface area (Å²) in [7, 11) is 0. The van der Waals surface area contributed by atoms with E-state index in [-0.39, 0.29) is 24.2 Å². The minimum atomic E-state index is -2.15. The summed E-state index contributed by atoms with van der Waals surface area (Å²) in [4.78, 5) is 42.1. The second kappa shape index (κ2) is 8.09. The lowest BCUT2D eigenvalue weighted by Crippen LogP contribution is -2.56. The van der Waals surface area contributed by atoms with Crippen LogP contribution in [0.15, 0.2) is 23.6 Å². The van der Waals surface area contributed by atoms with Gasteiger partial charge in [0.25, 0.3) is 0 Å². The van der Waals surface area contributed by atoms with Gasteiger partial charge in [-0.15, -0.1) is 23.1 Å². The van der Waals surface area contributed by atoms with Gasteiger partial charge in [0, 0.05) is 16.5 Å². The largest absolute Gasteiger partial charge is 0.479 e. The van der Waals surface area contributed by atoms with Crippen LogP contribution in [0.25, 0.3) is 6.08 Å². The summed E-state index contributed by atoms with van der Waals surface area (Å²) in [5, 5.41) is 26.2. The fourth-order valence-electron chi connectivity index (χ4n) is 4.42. The molecule has 4 heterocycles. The number of thiazole rings is 1. The van der Waals surface area contributed by atoms with Gasteiger partial charge in [0.1, 0.15) is 17.2 Å². The predicted octanol–water partition coefficient (Wildman–Crippen LogP) is 2.49. The van der Waals surface area contributed by atoms with Gasteiger partial charge in [-0.25, -0.2) is 9.78 Å². The second-order valence-corrected chi connectivity index (χ2v) is 11.8. The van der Waals surface area contributed by atoms with E-state index < -0.39 is 33.3 Å². The maximum atomic E-state index is 13.0. The number of epoxide rings is 1. The summed E-state index contributed by atoms with van der Waals surface area (Å²) in [5.41, 5.74) is -1.44. The average Bonchev–Trinajstić information content (AvgIpc) is 3.27. The first-order chi connectivity index (χ1) is 15.0. The highest BCUT2D eigenvalue weighted by Gasteiger charge is 2.66. The van der Waals surface area contributed by atoms with Crippen molar-refractivity contribution in [2.24, 2.45) is 0 Å². The number of amides is 1. The molecule has 0 spiro atoms. The molecule has 4 bridgehead atoms. The van der Waals surface area contributed by atoms with Crippen molar-refractivity contribution >= 4 is 46.8 Å². The number of carbonyl (C=O) groups excluding carboxylic acids is 2. The van der Waals surface area contributed by atoms with Crippen LogP contribution < -0.4 is 5.32 Å². The molecule has 3 aliphatic rings. The number of aliphatic carboxylic acids is 1. The zero-order valence-electron chi connectivity index (χ0n) is 18.0. The van der Waals surface area contributed by atoms with Crippen molar-refractivity contribution in [3.05, 3.63) is 34.3 Å². The van der Waals surface area contributed by atoms with E-state index in [4.69, 9.17) is 4.74 Å². The van der Waals surface area contributed by atoms with E-state index in [1.807, 2.05) is 19.2 Å². The number of hydrogen-bond donors (Lipinski definition) is 3. The van der Waals surface area contributed by atoms with Gasteiger partial charge in [-0.2, -0.15) is 0 Å². The van der Waals surface area contributed by atoms with Crippen LogP contribution in [0, 0.1) is 0 Å². The molecular weight excluding hydrogens is 452 g/mol. The molecule has 8 nitrogen and oxygen atoms in total. The fourth-order valence-corrected chi connectivity index (χ4v) is 7.29. The zero-order chi connectivity index (χ0) is 23.3. The summed E-state index contributed by atoms with van der Waals surface area (Å²) in [6.07, 6.45) is 6.23. The third-order valence-electron chi connectivity index (χ3n) is 6.50. The Morgan fingerprint density at radius 3 is 2.75 bits per heavy atom. The molecule has 2 fully saturated rings. The monoisotopic (exact) mass is 478 g/mol. The van der Waals surface area contributed by atoms with Crippen LogP contribution in [0.4, 0.5) is 0 Å². The lowest BCUT2D eigenvalue weighted by atomic mass is 9.80. The van der Waals surface area contributed by atoms with Crippen molar-refractivity contribution in [2.45, 2.75) is 73.4 Å². The number of hydrogen-bond acceptors (Lipinski definition) is 8. The van der Waals surface area contributed by atoms with E-state index in [0.29, 0.717) is 23.5 Å². The summed E-state index contributed by atoms with van der Waals surface area (Å²) in [5.74, 6) is -1.92. The van der Waals surface area contributed by atoms with Crippen LogP contribution in [0.1, 0.15) is 56.8 Å². The van der Waals surface area contributed by atoms with Gasteiger partial charge in [-0.3, -0.25) is 9.59 Å². The number of carboxylic acid groups (broad SMARTS) is 1. The van der Waals surface area contributed by atoms with Crippen LogP contribution in [-0.2, 0) is 19.1 Å². The van der Waals surface area contributed by atoms with Gasteiger partial charge in [0.05, 0.1) is 16.5 Å². The van der Waals surface area contributed by atoms with E-state index in [0.717, 1.165) is 0 Å². The third kappa shape index (κ3) is 4.05. The summed E-state index contributed by atoms with van der Waals surface area (Å²) < 4.78 is 3.84. The molecule has 172 valence electrons. The molecule has 32 heavy (non-hydrogen) atoms. The van der Waals surface area contributed by atoms with Gasteiger partial charge >= 0.3 is 5.97 Å². The van der Waals surface area contributed by atoms with E-state index in [1.54, 1.807) is 18.2 Å². The number of ether oxygens (including phenoxy) is 1. The highest BCUT2D eigenvalue weighted by atomic mass is 32.2. The summed E-state index contributed by atoms with van der Waals surface area (Å²) in [6.45, 7) is 4.96. The molecular formula is C22H26N2O6S2. The minimum Gasteiger partial charge on any atom is -0.479 e. The Morgan fingerprint density at radius 2 is 2.03 bits per heavy atom. The number of aliphatic hydroxyl groups is 1. The standard InChI is InChI=1S/C22H26N2O6S2/c1-12-18-24-13(11-31-18)6-4-5-7-14(25)16-17(30-16)20(2)8-9-22(32-20,10-15(26)23-12)21(3,29)19(27)28/h4-7,11-12,16-17,29H,8-10H2,1-3H3,(H,23,26)(H,27,28)/b6-4-,7-5+/t12-,16-,17+,20-,21-,22+/m0/s1. The van der Waals surface area contributed by atoms with Crippen LogP contribution in [0.3, 0.4) is 0 Å². The third-order valence-corrected chi connectivity index (χ3v) is 9.59. The highest BCUT2D eigenvalue weighted by Crippen LogP contribution is 2.61. The van der Waals surface area contributed by atoms with Gasteiger partial charge in [0.15, 0.2) is 11.4 Å². The normalized spacial score (nSPS) is 38.7. The van der Waals surface area contributed by atoms with Crippen molar-refractivity contribution < 1.29 is 29.3 Å². The predicted molar refractivity (Wildman–Crippen MR) is 121 cm³/mol. The average molecular weight is 479 g/mol. The van der Waals surface area contributed by atoms with E-state index in [1.165, 1.54) is 36.1 Å². The maximum Gasteiger partial charge on any atom is 0.336 e. The molecule has 0 saturated carbocycles. The van der Waals surface area contributed by atoms with E-state index in [9.17, 15) is 24.6 Å². The molecule has 1 aromatic rings. The quantitative estimate of drug-likeness (QED) is 0.553. The van der Waals surface area contributed by atoms with Crippen LogP contribution >= 0.6 is 23.1 Å². The Balaban J connectivity index is 1.70. The number of rotatable bonds is 2. The lowest BCUT2D eigenvalue weighted by Gasteiger charge is -2.40. The molecule has 4 rings (SSSR count). The number of nitrogens with one attached hydrogen (secondary N) is 1. The molecule has 0 aliphatic carbocycles.